The monoisotopic (exact) mass is 499 g/mol. The number of fused-ring (bicyclic) bond motifs is 1. The molecule has 2 heterocycles. The molecule has 0 spiro atoms. The smallest absolute Gasteiger partial charge is 0.290 e. The van der Waals surface area contributed by atoms with Crippen LogP contribution in [0.1, 0.15) is 36.0 Å². The fraction of sp³-hybridized carbons (Fsp3) is 0.308. The highest BCUT2D eigenvalue weighted by molar-refractivity contribution is 6.31. The first-order valence-electron chi connectivity index (χ1n) is 11.1. The Morgan fingerprint density at radius 2 is 1.86 bits per heavy atom. The standard InChI is InChI=1S/C26H26ClNO7/c1-14(2)34-10-9-28-22(17-7-5-6-8-18(17)32-3)21(24(30)26(28)31)23(29)19-12-15-11-16(27)13-20(33-4)25(15)35-19/h5-8,11-14,22,30H,9-10H2,1-4H3. The number of hydrogen-bond donors (Lipinski definition) is 1. The van der Waals surface area contributed by atoms with E-state index >= 15 is 0 Å². The Kier molecular flexibility index (Phi) is 7.05. The molecule has 1 N–H and O–H groups in total. The molecule has 1 aromatic heterocycles. The van der Waals surface area contributed by atoms with E-state index in [9.17, 15) is 14.7 Å². The molecule has 0 saturated heterocycles. The van der Waals surface area contributed by atoms with Crippen molar-refractivity contribution in [3.8, 4) is 11.5 Å². The predicted molar refractivity (Wildman–Crippen MR) is 130 cm³/mol. The molecule has 0 aliphatic carbocycles. The van der Waals surface area contributed by atoms with E-state index in [0.717, 1.165) is 0 Å². The van der Waals surface area contributed by atoms with Gasteiger partial charge in [-0.1, -0.05) is 29.8 Å². The van der Waals surface area contributed by atoms with Gasteiger partial charge in [-0.3, -0.25) is 9.59 Å². The number of ketones is 1. The zero-order valence-corrected chi connectivity index (χ0v) is 20.6. The first kappa shape index (κ1) is 24.6. The van der Waals surface area contributed by atoms with Gasteiger partial charge in [-0.2, -0.15) is 0 Å². The summed E-state index contributed by atoms with van der Waals surface area (Å²) in [6, 6.07) is 10.9. The Labute approximate surface area is 207 Å². The molecule has 1 amide bonds. The van der Waals surface area contributed by atoms with Crippen LogP contribution in [0.3, 0.4) is 0 Å². The molecule has 184 valence electrons. The normalized spacial score (nSPS) is 16.0. The molecule has 0 fully saturated rings. The molecule has 1 unspecified atom stereocenters. The van der Waals surface area contributed by atoms with Crippen LogP contribution in [-0.2, 0) is 9.53 Å². The number of benzene rings is 2. The number of aliphatic hydroxyl groups is 1. The van der Waals surface area contributed by atoms with Gasteiger partial charge in [0.2, 0.25) is 5.78 Å². The van der Waals surface area contributed by atoms with Crippen LogP contribution >= 0.6 is 11.6 Å². The van der Waals surface area contributed by atoms with E-state index in [1.54, 1.807) is 36.4 Å². The number of methoxy groups -OCH3 is 2. The topological polar surface area (TPSA) is 98.4 Å². The number of Topliss-reactive ketones (excluding diaryl/α,β-unsaturated/α-hetero) is 1. The number of carbonyl (C=O) groups is 2. The zero-order valence-electron chi connectivity index (χ0n) is 19.8. The van der Waals surface area contributed by atoms with Gasteiger partial charge in [0, 0.05) is 28.6 Å². The summed E-state index contributed by atoms with van der Waals surface area (Å²) < 4.78 is 22.3. The second kappa shape index (κ2) is 10.0. The number of aliphatic hydroxyl groups excluding tert-OH is 1. The van der Waals surface area contributed by atoms with Gasteiger partial charge in [-0.25, -0.2) is 0 Å². The maximum absolute atomic E-state index is 13.7. The SMILES string of the molecule is COc1ccccc1C1C(C(=O)c2cc3cc(Cl)cc(OC)c3o2)=C(O)C(=O)N1CCOC(C)C. The average molecular weight is 500 g/mol. The van der Waals surface area contributed by atoms with E-state index in [1.165, 1.54) is 25.2 Å². The number of para-hydroxylation sites is 1. The molecule has 1 aliphatic rings. The van der Waals surface area contributed by atoms with Gasteiger partial charge in [0.25, 0.3) is 5.91 Å². The van der Waals surface area contributed by atoms with Crippen LogP contribution in [0.2, 0.25) is 5.02 Å². The average Bonchev–Trinajstić information content (AvgIpc) is 3.37. The molecule has 1 atom stereocenters. The Hall–Kier alpha value is -3.49. The van der Waals surface area contributed by atoms with Crippen LogP contribution in [0.15, 0.2) is 58.2 Å². The summed E-state index contributed by atoms with van der Waals surface area (Å²) in [5.41, 5.74) is 0.783. The minimum atomic E-state index is -0.902. The summed E-state index contributed by atoms with van der Waals surface area (Å²) in [6.45, 7) is 4.15. The van der Waals surface area contributed by atoms with Crippen LogP contribution in [-0.4, -0.2) is 55.2 Å². The number of rotatable bonds is 9. The quantitative estimate of drug-likeness (QED) is 0.408. The van der Waals surface area contributed by atoms with Crippen molar-refractivity contribution >= 4 is 34.3 Å². The van der Waals surface area contributed by atoms with Crippen molar-refractivity contribution in [1.29, 1.82) is 0 Å². The van der Waals surface area contributed by atoms with Crippen molar-refractivity contribution in [2.24, 2.45) is 0 Å². The third-order valence-corrected chi connectivity index (χ3v) is 5.97. The van der Waals surface area contributed by atoms with Crippen LogP contribution in [0.25, 0.3) is 11.0 Å². The van der Waals surface area contributed by atoms with Gasteiger partial charge < -0.3 is 28.6 Å². The van der Waals surface area contributed by atoms with Crippen LogP contribution < -0.4 is 9.47 Å². The second-order valence-electron chi connectivity index (χ2n) is 8.29. The fourth-order valence-electron chi connectivity index (χ4n) is 4.20. The number of carbonyl (C=O) groups excluding carboxylic acids is 2. The first-order chi connectivity index (χ1) is 16.8. The van der Waals surface area contributed by atoms with Crippen molar-refractivity contribution in [2.75, 3.05) is 27.4 Å². The van der Waals surface area contributed by atoms with Crippen molar-refractivity contribution < 1.29 is 33.3 Å². The van der Waals surface area contributed by atoms with Gasteiger partial charge in [-0.05, 0) is 32.0 Å². The van der Waals surface area contributed by atoms with Gasteiger partial charge in [0.05, 0.1) is 38.5 Å². The molecule has 9 heteroatoms. The maximum atomic E-state index is 13.7. The molecule has 0 bridgehead atoms. The molecule has 35 heavy (non-hydrogen) atoms. The van der Waals surface area contributed by atoms with Crippen LogP contribution in [0.5, 0.6) is 11.5 Å². The minimum absolute atomic E-state index is 0.0440. The molecule has 8 nitrogen and oxygen atoms in total. The third-order valence-electron chi connectivity index (χ3n) is 5.76. The highest BCUT2D eigenvalue weighted by atomic mass is 35.5. The van der Waals surface area contributed by atoms with Crippen molar-refractivity contribution in [3.05, 3.63) is 70.1 Å². The van der Waals surface area contributed by atoms with Crippen molar-refractivity contribution in [1.82, 2.24) is 4.90 Å². The Bertz CT molecular complexity index is 1310. The summed E-state index contributed by atoms with van der Waals surface area (Å²) >= 11 is 6.15. The van der Waals surface area contributed by atoms with Gasteiger partial charge in [-0.15, -0.1) is 0 Å². The summed E-state index contributed by atoms with van der Waals surface area (Å²) in [6.07, 6.45) is -0.0440. The lowest BCUT2D eigenvalue weighted by Crippen LogP contribution is -2.34. The Morgan fingerprint density at radius 3 is 2.54 bits per heavy atom. The van der Waals surface area contributed by atoms with E-state index in [0.29, 0.717) is 33.1 Å². The van der Waals surface area contributed by atoms with Crippen LogP contribution in [0.4, 0.5) is 0 Å². The molecular formula is C26H26ClNO7. The molecule has 2 aromatic carbocycles. The molecule has 0 radical (unpaired) electrons. The lowest BCUT2D eigenvalue weighted by Gasteiger charge is -2.28. The number of amides is 1. The molecule has 3 aromatic rings. The molecule has 0 saturated carbocycles. The van der Waals surface area contributed by atoms with E-state index in [4.69, 9.17) is 30.2 Å². The Balaban J connectivity index is 1.81. The zero-order chi connectivity index (χ0) is 25.3. The first-order valence-corrected chi connectivity index (χ1v) is 11.4. The largest absolute Gasteiger partial charge is 0.503 e. The van der Waals surface area contributed by atoms with Gasteiger partial charge in [0.1, 0.15) is 5.75 Å². The number of hydrogen-bond acceptors (Lipinski definition) is 7. The van der Waals surface area contributed by atoms with Crippen molar-refractivity contribution in [3.63, 3.8) is 0 Å². The summed E-state index contributed by atoms with van der Waals surface area (Å²) in [5, 5.41) is 11.8. The summed E-state index contributed by atoms with van der Waals surface area (Å²) in [4.78, 5) is 28.3. The molecular weight excluding hydrogens is 474 g/mol. The lowest BCUT2D eigenvalue weighted by atomic mass is 9.94. The highest BCUT2D eigenvalue weighted by Crippen LogP contribution is 2.43. The van der Waals surface area contributed by atoms with Crippen LogP contribution in [0, 0.1) is 0 Å². The predicted octanol–water partition coefficient (Wildman–Crippen LogP) is 5.11. The second-order valence-corrected chi connectivity index (χ2v) is 8.73. The van der Waals surface area contributed by atoms with Gasteiger partial charge >= 0.3 is 0 Å². The number of halogens is 1. The minimum Gasteiger partial charge on any atom is -0.503 e. The highest BCUT2D eigenvalue weighted by Gasteiger charge is 2.45. The van der Waals surface area contributed by atoms with E-state index in [1.807, 2.05) is 13.8 Å². The molecule has 4 rings (SSSR count). The fourth-order valence-corrected chi connectivity index (χ4v) is 4.42. The maximum Gasteiger partial charge on any atom is 0.290 e. The summed E-state index contributed by atoms with van der Waals surface area (Å²) in [5.74, 6) is -1.17. The van der Waals surface area contributed by atoms with Crippen molar-refractivity contribution in [2.45, 2.75) is 26.0 Å². The van der Waals surface area contributed by atoms with E-state index < -0.39 is 23.5 Å². The number of furan rings is 1. The lowest BCUT2D eigenvalue weighted by molar-refractivity contribution is -0.130. The summed E-state index contributed by atoms with van der Waals surface area (Å²) in [7, 11) is 2.97. The number of nitrogens with zero attached hydrogens (tertiary/aromatic N) is 1. The Morgan fingerprint density at radius 1 is 1.14 bits per heavy atom. The van der Waals surface area contributed by atoms with Gasteiger partial charge in [0.15, 0.2) is 22.9 Å². The molecule has 1 aliphatic heterocycles. The van der Waals surface area contributed by atoms with E-state index in [-0.39, 0.29) is 30.6 Å². The number of ether oxygens (including phenoxy) is 3. The third kappa shape index (κ3) is 4.59. The van der Waals surface area contributed by atoms with E-state index in [2.05, 4.69) is 0 Å².